The number of carbonyl (C=O) groups is 4. The Kier molecular flexibility index (Phi) is 28.9. The maximum atomic E-state index is 13.4. The van der Waals surface area contributed by atoms with Crippen LogP contribution in [-0.4, -0.2) is 153 Å². The molecule has 4 aliphatic rings. The summed E-state index contributed by atoms with van der Waals surface area (Å²) in [5.41, 5.74) is 9.46. The van der Waals surface area contributed by atoms with E-state index in [1.807, 2.05) is 80.7 Å². The molecule has 16 rings (SSSR count). The molecule has 27 nitrogen and oxygen atoms in total. The number of pyridine rings is 3. The van der Waals surface area contributed by atoms with Crippen LogP contribution < -0.4 is 33.7 Å². The minimum absolute atomic E-state index is 0.0642. The van der Waals surface area contributed by atoms with Crippen LogP contribution >= 0.6 is 69.6 Å². The first kappa shape index (κ1) is 88.3. The number of anilines is 1. The summed E-state index contributed by atoms with van der Waals surface area (Å²) in [5.74, 6) is 8.63. The van der Waals surface area contributed by atoms with Crippen molar-refractivity contribution in [3.05, 3.63) is 262 Å². The second kappa shape index (κ2) is 40.0. The molecule has 122 heavy (non-hydrogen) atoms. The zero-order valence-electron chi connectivity index (χ0n) is 67.3. The summed E-state index contributed by atoms with van der Waals surface area (Å²) in [6.07, 6.45) is 22.5. The van der Waals surface area contributed by atoms with Crippen molar-refractivity contribution in [2.45, 2.75) is 116 Å². The van der Waals surface area contributed by atoms with Crippen LogP contribution in [0.15, 0.2) is 167 Å². The third-order valence-electron chi connectivity index (χ3n) is 20.5. The standard InChI is InChI=1S/C26H22Cl2N4O.C25H25N3O5.C21H23Cl2N3O4S.C16H11Cl2N3O4/c1-32(17-18-7-4-3-5-8-18)12-6-9-20-22-14-30-31-25(19(22)10-11-26(20)33-2)13-21-23(27)15-29-16-24(21)28;1-15-7-9-18-19(11-15)25(30)28(24(18)29)20(13-23-27-26-14-32-23)16-8-10-21(31-2)22(12-16)33-17-5-3-4-6-17;1-29-20-8-7-14-16(21(20)30-13-5-3-4-6-13)12-26(31(2,27)28)25-19(14)9-15-17(22)10-24-11-18(15)23;1-7(22)16-21-13-11(24-2)4-3-8(14(13)25-16)15(23)20-12-9(17)5-19-6-10(12)18/h3-5,7-8,10-11,14-16H,12-13,17H2,1-2H3;7-12,14,17,20H,3-6,13H2,1-2H3;7-8,10-11,13H,3-6,9,12H2,1-2H3;3-6H,1-2H3,(H,19,20,23). The fourth-order valence-corrected chi connectivity index (χ4v) is 16.5. The second-order valence-corrected chi connectivity index (χ2v) is 33.2. The van der Waals surface area contributed by atoms with E-state index in [4.69, 9.17) is 107 Å². The lowest BCUT2D eigenvalue weighted by molar-refractivity contribution is 0.0575. The maximum Gasteiger partial charge on any atom is 0.264 e. The van der Waals surface area contributed by atoms with Gasteiger partial charge in [-0.05, 0) is 148 Å². The van der Waals surface area contributed by atoms with E-state index in [9.17, 15) is 27.6 Å². The van der Waals surface area contributed by atoms with Crippen LogP contribution in [0.25, 0.3) is 21.9 Å². The number of hydrogen-bond donors (Lipinski definition) is 1. The molecule has 0 spiro atoms. The maximum absolute atomic E-state index is 13.4. The van der Waals surface area contributed by atoms with Crippen molar-refractivity contribution in [3.8, 4) is 46.3 Å². The van der Waals surface area contributed by atoms with Crippen molar-refractivity contribution >= 4 is 136 Å². The average Bonchev–Trinajstić information content (AvgIpc) is 1.48. The van der Waals surface area contributed by atoms with E-state index in [2.05, 4.69) is 79.6 Å². The van der Waals surface area contributed by atoms with E-state index in [0.29, 0.717) is 95.8 Å². The van der Waals surface area contributed by atoms with E-state index in [1.54, 1.807) is 58.1 Å². The molecule has 1 atom stereocenters. The first-order valence-corrected chi connectivity index (χ1v) is 42.6. The van der Waals surface area contributed by atoms with Gasteiger partial charge in [0.1, 0.15) is 11.5 Å². The molecule has 2 fully saturated rings. The number of aromatic nitrogens is 8. The topological polar surface area (TPSA) is 321 Å². The number of amides is 3. The highest BCUT2D eigenvalue weighted by atomic mass is 35.5. The van der Waals surface area contributed by atoms with E-state index >= 15 is 0 Å². The van der Waals surface area contributed by atoms with Crippen LogP contribution in [0.4, 0.5) is 5.69 Å². The Morgan fingerprint density at radius 2 is 1.25 bits per heavy atom. The molecule has 2 aliphatic heterocycles. The number of nitrogens with one attached hydrogen (secondary N) is 1. The van der Waals surface area contributed by atoms with Crippen LogP contribution in [0.2, 0.25) is 30.1 Å². The van der Waals surface area contributed by atoms with E-state index in [0.717, 1.165) is 118 Å². The number of fused-ring (bicyclic) bond motifs is 4. The summed E-state index contributed by atoms with van der Waals surface area (Å²) in [6.45, 7) is 4.71. The highest BCUT2D eigenvalue weighted by Gasteiger charge is 2.42. The Morgan fingerprint density at radius 3 is 1.87 bits per heavy atom. The lowest BCUT2D eigenvalue weighted by Crippen LogP contribution is -2.35. The largest absolute Gasteiger partial charge is 0.495 e. The minimum Gasteiger partial charge on any atom is -0.495 e. The third kappa shape index (κ3) is 20.6. The van der Waals surface area contributed by atoms with Gasteiger partial charge < -0.3 is 42.6 Å². The number of Topliss-reactive ketones (excluding diaryl/α,β-unsaturated/α-hetero) is 1. The molecule has 0 bridgehead atoms. The Bertz CT molecular complexity index is 6060. The van der Waals surface area contributed by atoms with Gasteiger partial charge in [-0.2, -0.15) is 19.7 Å². The Hall–Kier alpha value is -11.5. The summed E-state index contributed by atoms with van der Waals surface area (Å²) < 4.78 is 71.2. The van der Waals surface area contributed by atoms with E-state index in [-0.39, 0.29) is 87.5 Å². The molecule has 12 aromatic rings. The van der Waals surface area contributed by atoms with Gasteiger partial charge in [0.25, 0.3) is 23.6 Å². The molecular formula is C88H81Cl6N13O14S. The first-order valence-electron chi connectivity index (χ1n) is 38.5. The first-order chi connectivity index (χ1) is 58.8. The van der Waals surface area contributed by atoms with Gasteiger partial charge in [-0.15, -0.1) is 10.2 Å². The Labute approximate surface area is 733 Å². The van der Waals surface area contributed by atoms with Crippen LogP contribution in [0.1, 0.15) is 162 Å². The number of ketones is 1. The zero-order valence-corrected chi connectivity index (χ0v) is 72.7. The average molecular weight is 1790 g/mol. The van der Waals surface area contributed by atoms with Gasteiger partial charge in [-0.25, -0.2) is 13.4 Å². The number of sulfonamides is 1. The lowest BCUT2D eigenvalue weighted by atomic mass is 9.95. The number of hydrogen-bond acceptors (Lipinski definition) is 24. The van der Waals surface area contributed by atoms with Gasteiger partial charge in [-0.1, -0.05) is 129 Å². The fourth-order valence-electron chi connectivity index (χ4n) is 14.4. The number of halogens is 6. The number of benzene rings is 6. The number of oxazole rings is 1. The van der Waals surface area contributed by atoms with E-state index in [1.165, 1.54) is 61.7 Å². The molecule has 3 amide bonds. The van der Waals surface area contributed by atoms with Crippen molar-refractivity contribution < 1.29 is 64.9 Å². The molecule has 0 saturated heterocycles. The molecule has 0 radical (unpaired) electrons. The number of rotatable bonds is 23. The third-order valence-corrected chi connectivity index (χ3v) is 23.3. The Morgan fingerprint density at radius 1 is 0.648 bits per heavy atom. The summed E-state index contributed by atoms with van der Waals surface area (Å²) in [4.78, 5) is 70.3. The van der Waals surface area contributed by atoms with Crippen LogP contribution in [0, 0.1) is 18.8 Å². The van der Waals surface area contributed by atoms with Gasteiger partial charge in [0.05, 0.1) is 148 Å². The van der Waals surface area contributed by atoms with Gasteiger partial charge in [0.2, 0.25) is 28.1 Å². The molecule has 2 aliphatic carbocycles. The molecule has 1 N–H and O–H groups in total. The fraction of sp³-hybridized carbons (Fsp3) is 0.284. The summed E-state index contributed by atoms with van der Waals surface area (Å²) in [7, 11) is 4.70. The molecular weight excluding hydrogens is 1710 g/mol. The van der Waals surface area contributed by atoms with Crippen molar-refractivity contribution in [2.75, 3.05) is 53.6 Å². The molecule has 34 heteroatoms. The van der Waals surface area contributed by atoms with Gasteiger partial charge in [-0.3, -0.25) is 43.9 Å². The Balaban J connectivity index is 0.000000141. The lowest BCUT2D eigenvalue weighted by Gasteiger charge is -2.29. The summed E-state index contributed by atoms with van der Waals surface area (Å²) in [6, 6.07) is 31.1. The summed E-state index contributed by atoms with van der Waals surface area (Å²) in [5, 5.41) is 27.3. The number of nitrogens with zero attached hydrogens (tertiary/aromatic N) is 12. The monoisotopic (exact) mass is 1790 g/mol. The number of carbonyl (C=O) groups excluding carboxylic acids is 4. The number of hydrazone groups is 1. The minimum atomic E-state index is -3.61. The molecule has 1 unspecified atom stereocenters. The smallest absolute Gasteiger partial charge is 0.264 e. The second-order valence-electron chi connectivity index (χ2n) is 28.8. The van der Waals surface area contributed by atoms with Gasteiger partial charge >= 0.3 is 0 Å². The molecule has 6 aromatic carbocycles. The highest BCUT2D eigenvalue weighted by Crippen LogP contribution is 2.44. The van der Waals surface area contributed by atoms with Crippen LogP contribution in [0.3, 0.4) is 0 Å². The predicted molar refractivity (Wildman–Crippen MR) is 465 cm³/mol. The molecule has 630 valence electrons. The van der Waals surface area contributed by atoms with E-state index < -0.39 is 22.0 Å². The highest BCUT2D eigenvalue weighted by molar-refractivity contribution is 7.88. The van der Waals surface area contributed by atoms with Crippen molar-refractivity contribution in [1.29, 1.82) is 0 Å². The quantitative estimate of drug-likeness (QED) is 0.0353. The molecule has 8 heterocycles. The van der Waals surface area contributed by atoms with Gasteiger partial charge in [0, 0.05) is 85.4 Å². The number of imide groups is 1. The van der Waals surface area contributed by atoms with Crippen LogP contribution in [0.5, 0.6) is 34.5 Å². The van der Waals surface area contributed by atoms with Crippen LogP contribution in [-0.2, 0) is 42.4 Å². The predicted octanol–water partition coefficient (Wildman–Crippen LogP) is 18.1. The molecule has 6 aromatic heterocycles. The number of aryl methyl sites for hydroxylation is 1. The van der Waals surface area contributed by atoms with Crippen molar-refractivity contribution in [1.82, 2.24) is 54.5 Å². The number of ether oxygens (including phenoxy) is 6. The number of methoxy groups -OCH3 is 4. The van der Waals surface area contributed by atoms with Crippen molar-refractivity contribution in [2.24, 2.45) is 5.10 Å². The SMILES string of the molecule is COc1ccc(C(=O)Nc2c(Cl)cncc2Cl)c2oc(C(C)=O)nc12.COc1ccc(C(Cc2nnco2)N2C(=O)c3ccc(C)cc3C2=O)cc1OC1CCCC1.COc1ccc2c(Cc3c(Cl)cncc3Cl)nncc2c1C#CCN(C)Cc1ccccc1.COc1ccc2c(c1OC1CCCC1)CN(S(C)(=O)=O)N=C2Cc1c(Cl)cncc1Cl. The molecule has 2 saturated carbocycles. The summed E-state index contributed by atoms with van der Waals surface area (Å²) >= 11 is 37.3. The van der Waals surface area contributed by atoms with Crippen molar-refractivity contribution in [3.63, 3.8) is 0 Å². The normalized spacial score (nSPS) is 13.9. The zero-order chi connectivity index (χ0) is 86.5. The van der Waals surface area contributed by atoms with Gasteiger partial charge in [0.15, 0.2) is 34.1 Å².